The van der Waals surface area contributed by atoms with Gasteiger partial charge in [0, 0.05) is 0 Å². The second kappa shape index (κ2) is 10.9. The van der Waals surface area contributed by atoms with Crippen molar-refractivity contribution in [2.24, 2.45) is 0 Å². The maximum absolute atomic E-state index is 7.73. The average molecular weight is 230 g/mol. The Hall–Kier alpha value is -1.56. The van der Waals surface area contributed by atoms with E-state index in [1.807, 2.05) is 32.1 Å². The number of allylic oxidation sites excluding steroid dienone is 10. The molecule has 0 N–H and O–H groups in total. The lowest BCUT2D eigenvalue weighted by atomic mass is 9.95. The Balaban J connectivity index is 0.000000362. The van der Waals surface area contributed by atoms with Crippen LogP contribution in [0.2, 0.25) is 0 Å². The van der Waals surface area contributed by atoms with Gasteiger partial charge in [0.25, 0.3) is 0 Å². The van der Waals surface area contributed by atoms with E-state index in [1.165, 1.54) is 12.0 Å². The molecule has 0 heterocycles. The molecule has 0 aromatic heterocycles. The summed E-state index contributed by atoms with van der Waals surface area (Å²) in [6, 6.07) is 1.19. The minimum Gasteiger partial charge on any atom is -0.0991 e. The summed E-state index contributed by atoms with van der Waals surface area (Å²) in [6.07, 6.45) is 13.9. The van der Waals surface area contributed by atoms with E-state index in [2.05, 4.69) is 13.2 Å². The monoisotopic (exact) mass is 230 g/mol. The molecule has 0 spiro atoms. The van der Waals surface area contributed by atoms with Crippen molar-refractivity contribution in [2.75, 3.05) is 0 Å². The molecule has 0 heteroatoms. The lowest BCUT2D eigenvalue weighted by molar-refractivity contribution is 0.797. The summed E-state index contributed by atoms with van der Waals surface area (Å²) in [5.41, 5.74) is 2.27. The smallest absolute Gasteiger partial charge is 0.0628 e. The molecular formula is C17H24. The summed E-state index contributed by atoms with van der Waals surface area (Å²) in [6.45, 7) is 11.0. The van der Waals surface area contributed by atoms with Crippen molar-refractivity contribution in [1.82, 2.24) is 0 Å². The van der Waals surface area contributed by atoms with Gasteiger partial charge in [-0.15, -0.1) is 0 Å². The van der Waals surface area contributed by atoms with Crippen LogP contribution in [0, 0.1) is 0 Å². The highest BCUT2D eigenvalue weighted by Gasteiger charge is 2.02. The summed E-state index contributed by atoms with van der Waals surface area (Å²) in [7, 11) is 0. The third-order valence-corrected chi connectivity index (χ3v) is 2.29. The molecule has 0 atom stereocenters. The average Bonchev–Trinajstić information content (AvgIpc) is 2.40. The van der Waals surface area contributed by atoms with Gasteiger partial charge < -0.3 is 0 Å². The van der Waals surface area contributed by atoms with Crippen LogP contribution in [0.3, 0.4) is 0 Å². The molecule has 0 aromatic rings. The number of hydrogen-bond donors (Lipinski definition) is 0. The van der Waals surface area contributed by atoms with E-state index in [1.54, 1.807) is 18.2 Å². The largest absolute Gasteiger partial charge is 0.0991 e. The lowest BCUT2D eigenvalue weighted by Crippen LogP contribution is -1.91. The van der Waals surface area contributed by atoms with Crippen LogP contribution in [0.5, 0.6) is 0 Å². The Morgan fingerprint density at radius 1 is 1.29 bits per heavy atom. The van der Waals surface area contributed by atoms with Gasteiger partial charge >= 0.3 is 0 Å². The zero-order chi connectivity index (χ0) is 14.7. The van der Waals surface area contributed by atoms with Gasteiger partial charge in [0.15, 0.2) is 0 Å². The third kappa shape index (κ3) is 8.27. The summed E-state index contributed by atoms with van der Waals surface area (Å²) < 4.78 is 14.8. The second-order valence-electron chi connectivity index (χ2n) is 3.59. The summed E-state index contributed by atoms with van der Waals surface area (Å²) in [5.74, 6) is 0. The van der Waals surface area contributed by atoms with E-state index < -0.39 is 0 Å². The standard InChI is InChI=1S/C10H14.C7H10/c1-3-9-6-5-7-10(4-2)8-9;1-3-5-7-6-4-2/h3-4,8H,1,5-7H2,2H3;3-7H,1H2,2H3/b;6-4+,7-5+/i8D;7D. The molecule has 1 aliphatic carbocycles. The molecule has 0 saturated heterocycles. The molecule has 1 rings (SSSR count). The fraction of sp³-hybridized carbons (Fsp3) is 0.294. The molecular weight excluding hydrogens is 204 g/mol. The minimum absolute atomic E-state index is 0.488. The van der Waals surface area contributed by atoms with Gasteiger partial charge in [-0.1, -0.05) is 67.3 Å². The van der Waals surface area contributed by atoms with Crippen molar-refractivity contribution in [3.05, 3.63) is 72.9 Å². The Morgan fingerprint density at radius 3 is 2.59 bits per heavy atom. The van der Waals surface area contributed by atoms with Crippen molar-refractivity contribution in [2.45, 2.75) is 33.1 Å². The molecule has 0 radical (unpaired) electrons. The predicted octanol–water partition coefficient (Wildman–Crippen LogP) is 5.53. The highest BCUT2D eigenvalue weighted by Crippen LogP contribution is 2.22. The number of hydrogen-bond acceptors (Lipinski definition) is 0. The minimum atomic E-state index is 0.488. The molecule has 0 aliphatic heterocycles. The fourth-order valence-electron chi connectivity index (χ4n) is 1.39. The maximum atomic E-state index is 7.73. The van der Waals surface area contributed by atoms with Crippen LogP contribution in [-0.2, 0) is 0 Å². The van der Waals surface area contributed by atoms with Gasteiger partial charge in [-0.25, -0.2) is 0 Å². The lowest BCUT2D eigenvalue weighted by Gasteiger charge is -2.10. The molecule has 17 heavy (non-hydrogen) atoms. The van der Waals surface area contributed by atoms with Crippen molar-refractivity contribution in [3.8, 4) is 0 Å². The zero-order valence-corrected chi connectivity index (χ0v) is 11.0. The van der Waals surface area contributed by atoms with Gasteiger partial charge in [-0.3, -0.25) is 0 Å². The molecule has 0 amide bonds. The van der Waals surface area contributed by atoms with E-state index in [-0.39, 0.29) is 0 Å². The Kier molecular flexibility index (Phi) is 7.67. The molecule has 0 saturated carbocycles. The summed E-state index contributed by atoms with van der Waals surface area (Å²) in [4.78, 5) is 0. The van der Waals surface area contributed by atoms with E-state index in [4.69, 9.17) is 2.74 Å². The summed E-state index contributed by atoms with van der Waals surface area (Å²) >= 11 is 0. The second-order valence-corrected chi connectivity index (χ2v) is 3.59. The van der Waals surface area contributed by atoms with Crippen LogP contribution in [0.25, 0.3) is 0 Å². The molecule has 92 valence electrons. The Morgan fingerprint density at radius 2 is 2.06 bits per heavy atom. The Labute approximate surface area is 109 Å². The van der Waals surface area contributed by atoms with E-state index in [0.29, 0.717) is 12.1 Å². The van der Waals surface area contributed by atoms with E-state index in [0.717, 1.165) is 18.4 Å². The first-order valence-electron chi connectivity index (χ1n) is 7.00. The summed E-state index contributed by atoms with van der Waals surface area (Å²) in [5, 5.41) is 0. The van der Waals surface area contributed by atoms with Crippen LogP contribution in [0.4, 0.5) is 0 Å². The topological polar surface area (TPSA) is 0 Å². The normalized spacial score (nSPS) is 20.6. The number of rotatable bonds is 3. The van der Waals surface area contributed by atoms with Crippen molar-refractivity contribution in [1.29, 1.82) is 0 Å². The van der Waals surface area contributed by atoms with E-state index >= 15 is 0 Å². The Bertz CT molecular complexity index is 421. The molecule has 0 fully saturated rings. The van der Waals surface area contributed by atoms with Crippen LogP contribution in [-0.4, -0.2) is 0 Å². The third-order valence-electron chi connectivity index (χ3n) is 2.29. The SMILES string of the molecule is [2H]C(/C=C/C)=C\C=C.[2H]C1=C(C=C)CCCC1=CC. The molecule has 0 nitrogen and oxygen atoms in total. The van der Waals surface area contributed by atoms with Crippen molar-refractivity contribution >= 4 is 0 Å². The van der Waals surface area contributed by atoms with Crippen LogP contribution in [0.1, 0.15) is 35.9 Å². The van der Waals surface area contributed by atoms with Gasteiger partial charge in [-0.05, 0) is 38.7 Å². The van der Waals surface area contributed by atoms with Crippen molar-refractivity contribution < 1.29 is 2.74 Å². The van der Waals surface area contributed by atoms with E-state index in [9.17, 15) is 0 Å². The first kappa shape index (κ1) is 11.9. The quantitative estimate of drug-likeness (QED) is 0.559. The molecule has 0 bridgehead atoms. The first-order chi connectivity index (χ1) is 9.10. The van der Waals surface area contributed by atoms with Crippen LogP contribution < -0.4 is 0 Å². The zero-order valence-electron chi connectivity index (χ0n) is 13.0. The van der Waals surface area contributed by atoms with Gasteiger partial charge in [-0.2, -0.15) is 0 Å². The van der Waals surface area contributed by atoms with Gasteiger partial charge in [0.2, 0.25) is 0 Å². The highest BCUT2D eigenvalue weighted by atomic mass is 14.1. The van der Waals surface area contributed by atoms with Gasteiger partial charge in [0.05, 0.1) is 2.74 Å². The predicted molar refractivity (Wildman–Crippen MR) is 80.0 cm³/mol. The highest BCUT2D eigenvalue weighted by molar-refractivity contribution is 5.31. The maximum Gasteiger partial charge on any atom is 0.0628 e. The van der Waals surface area contributed by atoms with Crippen LogP contribution in [0.15, 0.2) is 72.9 Å². The molecule has 0 unspecified atom stereocenters. The molecule has 1 aliphatic rings. The first-order valence-corrected chi connectivity index (χ1v) is 6.00. The van der Waals surface area contributed by atoms with Crippen LogP contribution >= 0.6 is 0 Å². The molecule has 0 aromatic carbocycles. The van der Waals surface area contributed by atoms with Crippen molar-refractivity contribution in [3.63, 3.8) is 0 Å². The van der Waals surface area contributed by atoms with Gasteiger partial charge in [0.1, 0.15) is 0 Å². The fourth-order valence-corrected chi connectivity index (χ4v) is 1.39.